The van der Waals surface area contributed by atoms with Crippen LogP contribution in [0.1, 0.15) is 21.5 Å². The second-order valence-electron chi connectivity index (χ2n) is 4.59. The number of benzene rings is 1. The van der Waals surface area contributed by atoms with Crippen molar-refractivity contribution in [3.8, 4) is 0 Å². The van der Waals surface area contributed by atoms with Crippen LogP contribution >= 0.6 is 15.9 Å². The van der Waals surface area contributed by atoms with Crippen LogP contribution in [0.3, 0.4) is 0 Å². The zero-order valence-corrected chi connectivity index (χ0v) is 12.2. The summed E-state index contributed by atoms with van der Waals surface area (Å²) in [7, 11) is 0. The van der Waals surface area contributed by atoms with E-state index in [9.17, 15) is 4.79 Å². The summed E-state index contributed by atoms with van der Waals surface area (Å²) in [5.74, 6) is -0.403. The fourth-order valence-corrected chi connectivity index (χ4v) is 2.57. The Hall–Kier alpha value is -2.14. The maximum Gasteiger partial charge on any atom is 0.248 e. The van der Waals surface area contributed by atoms with Gasteiger partial charge in [-0.2, -0.15) is 0 Å². The molecule has 100 valence electrons. The Morgan fingerprint density at radius 1 is 1.25 bits per heavy atom. The molecule has 0 spiro atoms. The zero-order chi connectivity index (χ0) is 14.1. The highest BCUT2D eigenvalue weighted by Crippen LogP contribution is 2.17. The van der Waals surface area contributed by atoms with E-state index in [4.69, 9.17) is 5.73 Å². The third-order valence-electron chi connectivity index (χ3n) is 3.15. The van der Waals surface area contributed by atoms with Crippen molar-refractivity contribution in [1.29, 1.82) is 0 Å². The number of hydrogen-bond acceptors (Lipinski definition) is 2. The Kier molecular flexibility index (Phi) is 3.28. The normalized spacial score (nSPS) is 10.8. The van der Waals surface area contributed by atoms with Gasteiger partial charge in [0.15, 0.2) is 0 Å². The third kappa shape index (κ3) is 2.44. The second-order valence-corrected chi connectivity index (χ2v) is 5.40. The number of carbonyl (C=O) groups is 1. The quantitative estimate of drug-likeness (QED) is 0.803. The topological polar surface area (TPSA) is 60.4 Å². The Labute approximate surface area is 124 Å². The number of nitrogens with zero attached hydrogens (tertiary/aromatic N) is 2. The van der Waals surface area contributed by atoms with Crippen LogP contribution in [-0.2, 0) is 6.42 Å². The number of rotatable bonds is 3. The molecule has 2 N–H and O–H groups in total. The number of primary amides is 1. The summed E-state index contributed by atoms with van der Waals surface area (Å²) < 4.78 is 2.89. The summed E-state index contributed by atoms with van der Waals surface area (Å²) >= 11 is 3.43. The number of nitrogens with two attached hydrogens (primary N) is 1. The number of pyridine rings is 1. The van der Waals surface area contributed by atoms with E-state index < -0.39 is 5.91 Å². The molecule has 0 aliphatic rings. The Bertz CT molecular complexity index is 795. The van der Waals surface area contributed by atoms with E-state index in [1.165, 1.54) is 0 Å². The lowest BCUT2D eigenvalue weighted by atomic mass is 10.0. The van der Waals surface area contributed by atoms with Gasteiger partial charge in [-0.3, -0.25) is 9.20 Å². The van der Waals surface area contributed by atoms with Crippen LogP contribution in [0.25, 0.3) is 5.65 Å². The summed E-state index contributed by atoms with van der Waals surface area (Å²) in [5.41, 5.74) is 8.91. The van der Waals surface area contributed by atoms with E-state index in [0.29, 0.717) is 5.56 Å². The first-order chi connectivity index (χ1) is 9.63. The minimum Gasteiger partial charge on any atom is -0.366 e. The maximum absolute atomic E-state index is 11.2. The molecule has 0 saturated heterocycles. The molecule has 0 bridgehead atoms. The van der Waals surface area contributed by atoms with E-state index in [1.807, 2.05) is 40.9 Å². The number of carbonyl (C=O) groups excluding carboxylic acids is 1. The fourth-order valence-electron chi connectivity index (χ4n) is 2.17. The van der Waals surface area contributed by atoms with Gasteiger partial charge in [-0.05, 0) is 57.7 Å². The van der Waals surface area contributed by atoms with Crippen molar-refractivity contribution in [1.82, 2.24) is 9.38 Å². The number of hydrogen-bond donors (Lipinski definition) is 1. The van der Waals surface area contributed by atoms with Crippen molar-refractivity contribution < 1.29 is 4.79 Å². The Morgan fingerprint density at radius 3 is 2.85 bits per heavy atom. The zero-order valence-electron chi connectivity index (χ0n) is 10.6. The molecule has 0 saturated carbocycles. The molecule has 1 amide bonds. The molecule has 2 aromatic heterocycles. The van der Waals surface area contributed by atoms with Gasteiger partial charge in [-0.1, -0.05) is 12.1 Å². The minimum atomic E-state index is -0.403. The van der Waals surface area contributed by atoms with Gasteiger partial charge in [0.2, 0.25) is 5.91 Å². The van der Waals surface area contributed by atoms with Crippen LogP contribution in [0, 0.1) is 0 Å². The standard InChI is InChI=1S/C15H12BrN3O/c16-13-9-18-14-8-11(4-5-19(13)14)6-10-2-1-3-12(7-10)15(17)20/h1-5,7-9H,6H2,(H2,17,20). The van der Waals surface area contributed by atoms with Gasteiger partial charge in [0.25, 0.3) is 0 Å². The molecule has 0 unspecified atom stereocenters. The molecule has 0 atom stereocenters. The van der Waals surface area contributed by atoms with Gasteiger partial charge < -0.3 is 5.73 Å². The first-order valence-corrected chi connectivity index (χ1v) is 6.93. The first kappa shape index (κ1) is 12.9. The predicted octanol–water partition coefficient (Wildman–Crippen LogP) is 2.79. The van der Waals surface area contributed by atoms with Crippen LogP contribution in [0.4, 0.5) is 0 Å². The molecule has 0 radical (unpaired) electrons. The van der Waals surface area contributed by atoms with Crippen molar-refractivity contribution in [3.63, 3.8) is 0 Å². The third-order valence-corrected chi connectivity index (χ3v) is 3.74. The predicted molar refractivity (Wildman–Crippen MR) is 80.7 cm³/mol. The molecule has 0 aliphatic heterocycles. The van der Waals surface area contributed by atoms with E-state index in [0.717, 1.165) is 27.8 Å². The lowest BCUT2D eigenvalue weighted by Crippen LogP contribution is -2.11. The average molecular weight is 330 g/mol. The minimum absolute atomic E-state index is 0.403. The lowest BCUT2D eigenvalue weighted by molar-refractivity contribution is 0.1000. The summed E-state index contributed by atoms with van der Waals surface area (Å²) in [6, 6.07) is 11.4. The van der Waals surface area contributed by atoms with Crippen LogP contribution in [0.15, 0.2) is 53.4 Å². The highest BCUT2D eigenvalue weighted by atomic mass is 79.9. The molecule has 20 heavy (non-hydrogen) atoms. The summed E-state index contributed by atoms with van der Waals surface area (Å²) in [6.07, 6.45) is 4.48. The summed E-state index contributed by atoms with van der Waals surface area (Å²) in [6.45, 7) is 0. The Balaban J connectivity index is 1.92. The molecular weight excluding hydrogens is 318 g/mol. The van der Waals surface area contributed by atoms with E-state index in [1.54, 1.807) is 12.3 Å². The monoisotopic (exact) mass is 329 g/mol. The first-order valence-electron chi connectivity index (χ1n) is 6.14. The van der Waals surface area contributed by atoms with Crippen molar-refractivity contribution in [2.75, 3.05) is 0 Å². The number of halogens is 1. The number of fused-ring (bicyclic) bond motifs is 1. The van der Waals surface area contributed by atoms with Gasteiger partial charge >= 0.3 is 0 Å². The number of imidazole rings is 1. The van der Waals surface area contributed by atoms with Crippen LogP contribution in [0.2, 0.25) is 0 Å². The molecule has 1 aromatic carbocycles. The SMILES string of the molecule is NC(=O)c1cccc(Cc2ccn3c(Br)cnc3c2)c1. The van der Waals surface area contributed by atoms with Crippen molar-refractivity contribution in [2.24, 2.45) is 5.73 Å². The average Bonchev–Trinajstić information content (AvgIpc) is 2.80. The van der Waals surface area contributed by atoms with Crippen molar-refractivity contribution >= 4 is 27.5 Å². The second kappa shape index (κ2) is 5.09. The highest BCUT2D eigenvalue weighted by Gasteiger charge is 2.04. The molecular formula is C15H12BrN3O. The Morgan fingerprint density at radius 2 is 2.05 bits per heavy atom. The molecule has 4 nitrogen and oxygen atoms in total. The molecule has 3 rings (SSSR count). The van der Waals surface area contributed by atoms with E-state index >= 15 is 0 Å². The van der Waals surface area contributed by atoms with Crippen LogP contribution < -0.4 is 5.73 Å². The lowest BCUT2D eigenvalue weighted by Gasteiger charge is -2.04. The summed E-state index contributed by atoms with van der Waals surface area (Å²) in [4.78, 5) is 15.5. The van der Waals surface area contributed by atoms with Gasteiger partial charge in [-0.15, -0.1) is 0 Å². The van der Waals surface area contributed by atoms with Gasteiger partial charge in [0.1, 0.15) is 10.3 Å². The van der Waals surface area contributed by atoms with E-state index in [-0.39, 0.29) is 0 Å². The highest BCUT2D eigenvalue weighted by molar-refractivity contribution is 9.10. The maximum atomic E-state index is 11.2. The number of aromatic nitrogens is 2. The van der Waals surface area contributed by atoms with Gasteiger partial charge in [0.05, 0.1) is 6.20 Å². The van der Waals surface area contributed by atoms with Crippen LogP contribution in [0.5, 0.6) is 0 Å². The molecule has 2 heterocycles. The van der Waals surface area contributed by atoms with E-state index in [2.05, 4.69) is 20.9 Å². The molecule has 3 aromatic rings. The van der Waals surface area contributed by atoms with Crippen LogP contribution in [-0.4, -0.2) is 15.3 Å². The molecule has 0 aliphatic carbocycles. The largest absolute Gasteiger partial charge is 0.366 e. The summed E-state index contributed by atoms with van der Waals surface area (Å²) in [5, 5.41) is 0. The van der Waals surface area contributed by atoms with Gasteiger partial charge in [0, 0.05) is 11.8 Å². The fraction of sp³-hybridized carbons (Fsp3) is 0.0667. The number of amides is 1. The van der Waals surface area contributed by atoms with Gasteiger partial charge in [-0.25, -0.2) is 4.98 Å². The molecule has 5 heteroatoms. The van der Waals surface area contributed by atoms with Crippen molar-refractivity contribution in [2.45, 2.75) is 6.42 Å². The molecule has 0 fully saturated rings. The smallest absolute Gasteiger partial charge is 0.248 e. The van der Waals surface area contributed by atoms with Crippen molar-refractivity contribution in [3.05, 3.63) is 70.1 Å².